The van der Waals surface area contributed by atoms with Crippen LogP contribution in [0.25, 0.3) is 0 Å². The van der Waals surface area contributed by atoms with E-state index in [4.69, 9.17) is 9.05 Å². The lowest BCUT2D eigenvalue weighted by Crippen LogP contribution is -2.13. The zero-order chi connectivity index (χ0) is 14.7. The predicted octanol–water partition coefficient (Wildman–Crippen LogP) is 2.37. The van der Waals surface area contributed by atoms with Gasteiger partial charge in [0.15, 0.2) is 11.6 Å². The Labute approximate surface area is 116 Å². The van der Waals surface area contributed by atoms with Crippen LogP contribution in [-0.4, -0.2) is 21.2 Å². The maximum absolute atomic E-state index is 11.9. The minimum absolute atomic E-state index is 0.135. The van der Waals surface area contributed by atoms with E-state index in [1.54, 1.807) is 13.8 Å². The van der Waals surface area contributed by atoms with Crippen LogP contribution in [0, 0.1) is 13.8 Å². The fraction of sp³-hybridized carbons (Fsp3) is 0.538. The molecule has 0 aliphatic heterocycles. The van der Waals surface area contributed by atoms with Crippen LogP contribution >= 0.6 is 0 Å². The largest absolute Gasteiger partial charge is 0.359 e. The van der Waals surface area contributed by atoms with Gasteiger partial charge in [0.1, 0.15) is 11.4 Å². The van der Waals surface area contributed by atoms with Crippen molar-refractivity contribution in [3.63, 3.8) is 0 Å². The van der Waals surface area contributed by atoms with Crippen molar-refractivity contribution in [2.45, 2.75) is 46.5 Å². The normalized spacial score (nSPS) is 11.1. The van der Waals surface area contributed by atoms with Crippen molar-refractivity contribution in [3.05, 3.63) is 23.2 Å². The Morgan fingerprint density at radius 2 is 2.00 bits per heavy atom. The van der Waals surface area contributed by atoms with Crippen molar-refractivity contribution in [3.8, 4) is 0 Å². The van der Waals surface area contributed by atoms with Gasteiger partial charge in [0.2, 0.25) is 11.8 Å². The summed E-state index contributed by atoms with van der Waals surface area (Å²) >= 11 is 0. The minimum atomic E-state index is -0.135. The standard InChI is InChI=1S/C13H18N4O3/c1-7(2)13-15-11(20-17-13)6-5-10(18)14-12-8(3)16-19-9(12)4/h7H,5-6H2,1-4H3,(H,14,18). The van der Waals surface area contributed by atoms with Crippen LogP contribution in [0.4, 0.5) is 5.69 Å². The number of nitrogens with zero attached hydrogens (tertiary/aromatic N) is 3. The lowest BCUT2D eigenvalue weighted by molar-refractivity contribution is -0.116. The maximum atomic E-state index is 11.9. The molecular formula is C13H18N4O3. The SMILES string of the molecule is Cc1noc(C)c1NC(=O)CCc1nc(C(C)C)no1. The van der Waals surface area contributed by atoms with Crippen LogP contribution in [0.2, 0.25) is 0 Å². The first-order chi connectivity index (χ1) is 9.47. The topological polar surface area (TPSA) is 94.1 Å². The Morgan fingerprint density at radius 3 is 2.55 bits per heavy atom. The first-order valence-corrected chi connectivity index (χ1v) is 6.52. The van der Waals surface area contributed by atoms with E-state index in [0.29, 0.717) is 35.3 Å². The van der Waals surface area contributed by atoms with Gasteiger partial charge in [-0.15, -0.1) is 0 Å². The van der Waals surface area contributed by atoms with Gasteiger partial charge >= 0.3 is 0 Å². The number of rotatable bonds is 5. The third-order valence-electron chi connectivity index (χ3n) is 2.86. The zero-order valence-corrected chi connectivity index (χ0v) is 12.1. The van der Waals surface area contributed by atoms with Gasteiger partial charge in [0.05, 0.1) is 0 Å². The van der Waals surface area contributed by atoms with Crippen LogP contribution in [-0.2, 0) is 11.2 Å². The Bertz CT molecular complexity index is 581. The third-order valence-corrected chi connectivity index (χ3v) is 2.86. The Kier molecular flexibility index (Phi) is 4.16. The van der Waals surface area contributed by atoms with Crippen molar-refractivity contribution in [1.29, 1.82) is 0 Å². The molecule has 0 bridgehead atoms. The molecule has 0 radical (unpaired) electrons. The van der Waals surface area contributed by atoms with Crippen molar-refractivity contribution in [2.24, 2.45) is 0 Å². The number of aryl methyl sites for hydroxylation is 3. The van der Waals surface area contributed by atoms with Crippen LogP contribution in [0.5, 0.6) is 0 Å². The number of aromatic nitrogens is 3. The second-order valence-corrected chi connectivity index (χ2v) is 4.95. The number of hydrogen-bond acceptors (Lipinski definition) is 6. The lowest BCUT2D eigenvalue weighted by Gasteiger charge is -2.02. The molecule has 2 rings (SSSR count). The zero-order valence-electron chi connectivity index (χ0n) is 12.1. The number of carbonyl (C=O) groups is 1. The summed E-state index contributed by atoms with van der Waals surface area (Å²) in [4.78, 5) is 16.1. The summed E-state index contributed by atoms with van der Waals surface area (Å²) in [7, 11) is 0. The highest BCUT2D eigenvalue weighted by atomic mass is 16.5. The van der Waals surface area contributed by atoms with Crippen LogP contribution < -0.4 is 5.32 Å². The smallest absolute Gasteiger partial charge is 0.227 e. The van der Waals surface area contributed by atoms with Gasteiger partial charge in [-0.25, -0.2) is 0 Å². The fourth-order valence-corrected chi connectivity index (χ4v) is 1.69. The van der Waals surface area contributed by atoms with Gasteiger partial charge in [-0.3, -0.25) is 4.79 Å². The van der Waals surface area contributed by atoms with Gasteiger partial charge in [-0.2, -0.15) is 4.98 Å². The first-order valence-electron chi connectivity index (χ1n) is 6.52. The van der Waals surface area contributed by atoms with E-state index in [9.17, 15) is 4.79 Å². The van der Waals surface area contributed by atoms with Gasteiger partial charge < -0.3 is 14.4 Å². The number of anilines is 1. The molecule has 0 unspecified atom stereocenters. The minimum Gasteiger partial charge on any atom is -0.359 e. The number of hydrogen-bond donors (Lipinski definition) is 1. The summed E-state index contributed by atoms with van der Waals surface area (Å²) < 4.78 is 10.1. The summed E-state index contributed by atoms with van der Waals surface area (Å²) in [5.41, 5.74) is 1.29. The molecule has 0 aliphatic rings. The predicted molar refractivity (Wildman–Crippen MR) is 71.3 cm³/mol. The molecule has 2 aromatic rings. The molecule has 7 nitrogen and oxygen atoms in total. The number of amides is 1. The molecule has 0 spiro atoms. The Morgan fingerprint density at radius 1 is 1.25 bits per heavy atom. The number of carbonyl (C=O) groups excluding carboxylic acids is 1. The van der Waals surface area contributed by atoms with Crippen molar-refractivity contribution >= 4 is 11.6 Å². The fourth-order valence-electron chi connectivity index (χ4n) is 1.69. The molecular weight excluding hydrogens is 260 g/mol. The van der Waals surface area contributed by atoms with E-state index in [0.717, 1.165) is 0 Å². The van der Waals surface area contributed by atoms with E-state index >= 15 is 0 Å². The Balaban J connectivity index is 1.89. The van der Waals surface area contributed by atoms with Crippen LogP contribution in [0.15, 0.2) is 9.05 Å². The van der Waals surface area contributed by atoms with E-state index in [1.807, 2.05) is 13.8 Å². The van der Waals surface area contributed by atoms with E-state index in [-0.39, 0.29) is 18.2 Å². The van der Waals surface area contributed by atoms with E-state index in [2.05, 4.69) is 20.6 Å². The molecule has 2 heterocycles. The summed E-state index contributed by atoms with van der Waals surface area (Å²) in [6, 6.07) is 0. The molecule has 1 amide bonds. The molecule has 0 saturated carbocycles. The van der Waals surface area contributed by atoms with E-state index in [1.165, 1.54) is 0 Å². The monoisotopic (exact) mass is 278 g/mol. The molecule has 0 saturated heterocycles. The molecule has 1 N–H and O–H groups in total. The number of nitrogens with one attached hydrogen (secondary N) is 1. The van der Waals surface area contributed by atoms with Crippen molar-refractivity contribution < 1.29 is 13.8 Å². The molecule has 0 aromatic carbocycles. The molecule has 2 aromatic heterocycles. The van der Waals surface area contributed by atoms with Gasteiger partial charge in [-0.1, -0.05) is 24.2 Å². The summed E-state index contributed by atoms with van der Waals surface area (Å²) in [6.07, 6.45) is 0.679. The molecule has 0 aliphatic carbocycles. The van der Waals surface area contributed by atoms with Gasteiger partial charge in [0.25, 0.3) is 0 Å². The Hall–Kier alpha value is -2.18. The first kappa shape index (κ1) is 14.2. The molecule has 108 valence electrons. The lowest BCUT2D eigenvalue weighted by atomic mass is 10.2. The average Bonchev–Trinajstić information content (AvgIpc) is 2.98. The second kappa shape index (κ2) is 5.85. The summed E-state index contributed by atoms with van der Waals surface area (Å²) in [6.45, 7) is 7.50. The molecule has 0 atom stereocenters. The van der Waals surface area contributed by atoms with Crippen LogP contribution in [0.1, 0.15) is 49.4 Å². The molecule has 7 heteroatoms. The maximum Gasteiger partial charge on any atom is 0.227 e. The second-order valence-electron chi connectivity index (χ2n) is 4.95. The van der Waals surface area contributed by atoms with Crippen molar-refractivity contribution in [2.75, 3.05) is 5.32 Å². The summed E-state index contributed by atoms with van der Waals surface area (Å²) in [5.74, 6) is 1.80. The highest BCUT2D eigenvalue weighted by molar-refractivity contribution is 5.91. The molecule has 20 heavy (non-hydrogen) atoms. The average molecular weight is 278 g/mol. The highest BCUT2D eigenvalue weighted by Gasteiger charge is 2.14. The van der Waals surface area contributed by atoms with Gasteiger partial charge in [-0.05, 0) is 13.8 Å². The van der Waals surface area contributed by atoms with Crippen molar-refractivity contribution in [1.82, 2.24) is 15.3 Å². The quantitative estimate of drug-likeness (QED) is 0.902. The van der Waals surface area contributed by atoms with E-state index < -0.39 is 0 Å². The summed E-state index contributed by atoms with van der Waals surface area (Å²) in [5, 5.41) is 10.4. The highest BCUT2D eigenvalue weighted by Crippen LogP contribution is 2.19. The van der Waals surface area contributed by atoms with Crippen LogP contribution in [0.3, 0.4) is 0 Å². The third kappa shape index (κ3) is 3.23. The van der Waals surface area contributed by atoms with Gasteiger partial charge in [0, 0.05) is 18.8 Å². The molecule has 0 fully saturated rings.